The van der Waals surface area contributed by atoms with Crippen molar-refractivity contribution in [1.29, 1.82) is 0 Å². The number of phenolic OH excluding ortho intramolecular Hbond substituents is 1. The molecule has 2 aliphatic heterocycles. The second kappa shape index (κ2) is 9.81. The van der Waals surface area contributed by atoms with Crippen LogP contribution in [0.2, 0.25) is 0 Å². The molecule has 11 heteroatoms. The lowest BCUT2D eigenvalue weighted by molar-refractivity contribution is 0.477. The summed E-state index contributed by atoms with van der Waals surface area (Å²) < 4.78 is 1.77. The lowest BCUT2D eigenvalue weighted by atomic mass is 10.1. The van der Waals surface area contributed by atoms with Gasteiger partial charge < -0.3 is 20.6 Å². The molecule has 0 amide bonds. The maximum absolute atomic E-state index is 10.3. The Hall–Kier alpha value is -5.24. The van der Waals surface area contributed by atoms with Gasteiger partial charge in [-0.1, -0.05) is 35.4 Å². The number of phenols is 1. The van der Waals surface area contributed by atoms with Crippen LogP contribution >= 0.6 is 0 Å². The smallest absolute Gasteiger partial charge is 0.206 e. The molecule has 0 radical (unpaired) electrons. The van der Waals surface area contributed by atoms with Gasteiger partial charge in [-0.25, -0.2) is 14.6 Å². The van der Waals surface area contributed by atoms with E-state index in [0.717, 1.165) is 48.5 Å². The number of fused-ring (bicyclic) bond motifs is 3. The number of hydrogen-bond donors (Lipinski definition) is 2. The normalized spacial score (nSPS) is 18.1. The van der Waals surface area contributed by atoms with Crippen LogP contribution in [0.15, 0.2) is 66.9 Å². The molecule has 0 saturated carbocycles. The minimum absolute atomic E-state index is 0.162. The molecule has 198 valence electrons. The van der Waals surface area contributed by atoms with Crippen molar-refractivity contribution in [2.24, 2.45) is 0 Å². The standard InChI is InChI=1S/C29H26N10O/c30-29-25(16-23(33-35-29)21-6-1-4-9-26(21)40)37-17-19-11-12-20(18-37)39(19)28-13-14-31-27(32-28)10-5-15-38-24-8-3-2-7-22(24)34-36-38/h1-4,6-9,13-14,16,19-20,40H,11-12,15,17-18H2,(H2,30,35)/t19-,20+. The quantitative estimate of drug-likeness (QED) is 0.334. The molecule has 0 spiro atoms. The van der Waals surface area contributed by atoms with Gasteiger partial charge in [0.25, 0.3) is 0 Å². The fourth-order valence-corrected chi connectivity index (χ4v) is 5.72. The molecule has 2 aliphatic rings. The van der Waals surface area contributed by atoms with E-state index < -0.39 is 0 Å². The van der Waals surface area contributed by atoms with Crippen LogP contribution in [-0.2, 0) is 6.54 Å². The third kappa shape index (κ3) is 4.29. The van der Waals surface area contributed by atoms with Crippen LogP contribution in [0, 0.1) is 11.8 Å². The molecule has 5 heterocycles. The van der Waals surface area contributed by atoms with E-state index in [0.29, 0.717) is 29.4 Å². The molecule has 2 saturated heterocycles. The van der Waals surface area contributed by atoms with Gasteiger partial charge in [-0.15, -0.1) is 15.3 Å². The van der Waals surface area contributed by atoms with Gasteiger partial charge in [0.15, 0.2) is 5.82 Å². The van der Waals surface area contributed by atoms with E-state index >= 15 is 0 Å². The van der Waals surface area contributed by atoms with E-state index in [1.807, 2.05) is 48.5 Å². The Morgan fingerprint density at radius 2 is 1.75 bits per heavy atom. The van der Waals surface area contributed by atoms with Crippen molar-refractivity contribution in [3.8, 4) is 28.8 Å². The second-order valence-electron chi connectivity index (χ2n) is 9.99. The number of nitrogens with two attached hydrogens (primary N) is 1. The molecule has 0 aliphatic carbocycles. The third-order valence-electron chi connectivity index (χ3n) is 7.56. The Balaban J connectivity index is 1.10. The first-order valence-electron chi connectivity index (χ1n) is 13.2. The maximum atomic E-state index is 10.3. The van der Waals surface area contributed by atoms with E-state index in [9.17, 15) is 5.11 Å². The number of anilines is 3. The lowest BCUT2D eigenvalue weighted by Crippen LogP contribution is -2.54. The van der Waals surface area contributed by atoms with Crippen LogP contribution < -0.4 is 15.5 Å². The Bertz CT molecular complexity index is 1760. The molecule has 40 heavy (non-hydrogen) atoms. The Morgan fingerprint density at radius 1 is 0.950 bits per heavy atom. The highest BCUT2D eigenvalue weighted by atomic mass is 16.3. The summed E-state index contributed by atoms with van der Waals surface area (Å²) in [5.74, 6) is 8.14. The van der Waals surface area contributed by atoms with Crippen LogP contribution in [0.3, 0.4) is 0 Å². The summed E-state index contributed by atoms with van der Waals surface area (Å²) in [6, 6.07) is 19.3. The average Bonchev–Trinajstić information content (AvgIpc) is 3.51. The number of aromatic hydroxyl groups is 1. The fraction of sp³-hybridized carbons (Fsp3) is 0.241. The first-order valence-corrected chi connectivity index (χ1v) is 13.2. The highest BCUT2D eigenvalue weighted by molar-refractivity contribution is 5.75. The number of rotatable bonds is 4. The highest BCUT2D eigenvalue weighted by Gasteiger charge is 2.41. The largest absolute Gasteiger partial charge is 0.507 e. The zero-order valence-electron chi connectivity index (χ0n) is 21.6. The molecule has 2 bridgehead atoms. The molecular formula is C29H26N10O. The van der Waals surface area contributed by atoms with Crippen molar-refractivity contribution < 1.29 is 5.11 Å². The lowest BCUT2D eigenvalue weighted by Gasteiger charge is -2.42. The van der Waals surface area contributed by atoms with Gasteiger partial charge in [0.1, 0.15) is 23.6 Å². The van der Waals surface area contributed by atoms with E-state index in [2.05, 4.69) is 47.1 Å². The summed E-state index contributed by atoms with van der Waals surface area (Å²) in [5.41, 5.74) is 10.1. The van der Waals surface area contributed by atoms with Crippen LogP contribution in [0.4, 0.5) is 17.3 Å². The molecule has 2 atom stereocenters. The van der Waals surface area contributed by atoms with E-state index in [-0.39, 0.29) is 17.8 Å². The average molecular weight is 531 g/mol. The molecule has 11 nitrogen and oxygen atoms in total. The van der Waals surface area contributed by atoms with Crippen molar-refractivity contribution in [1.82, 2.24) is 35.2 Å². The number of nitrogen functional groups attached to an aromatic ring is 1. The monoisotopic (exact) mass is 530 g/mol. The van der Waals surface area contributed by atoms with Gasteiger partial charge in [0.2, 0.25) is 5.82 Å². The van der Waals surface area contributed by atoms with Crippen molar-refractivity contribution >= 4 is 28.4 Å². The number of piperazine rings is 1. The van der Waals surface area contributed by atoms with E-state index in [4.69, 9.17) is 10.7 Å². The van der Waals surface area contributed by atoms with Gasteiger partial charge in [-0.05, 0) is 55.2 Å². The van der Waals surface area contributed by atoms with Gasteiger partial charge in [0, 0.05) is 36.9 Å². The molecule has 7 rings (SSSR count). The summed E-state index contributed by atoms with van der Waals surface area (Å²) in [6.45, 7) is 1.95. The molecular weight excluding hydrogens is 504 g/mol. The maximum Gasteiger partial charge on any atom is 0.206 e. The van der Waals surface area contributed by atoms with Gasteiger partial charge in [-0.3, -0.25) is 0 Å². The fourth-order valence-electron chi connectivity index (χ4n) is 5.72. The predicted octanol–water partition coefficient (Wildman–Crippen LogP) is 2.88. The summed E-state index contributed by atoms with van der Waals surface area (Å²) >= 11 is 0. The molecule has 3 aromatic heterocycles. The minimum Gasteiger partial charge on any atom is -0.507 e. The third-order valence-corrected chi connectivity index (χ3v) is 7.56. The van der Waals surface area contributed by atoms with Crippen LogP contribution in [0.25, 0.3) is 22.3 Å². The summed E-state index contributed by atoms with van der Waals surface area (Å²) in [6.07, 6.45) is 3.87. The zero-order chi connectivity index (χ0) is 27.1. The van der Waals surface area contributed by atoms with E-state index in [1.54, 1.807) is 23.0 Å². The molecule has 3 N–H and O–H groups in total. The summed E-state index contributed by atoms with van der Waals surface area (Å²) in [5, 5.41) is 27.1. The Morgan fingerprint density at radius 3 is 2.60 bits per heavy atom. The van der Waals surface area contributed by atoms with Crippen molar-refractivity contribution in [2.45, 2.75) is 31.5 Å². The first kappa shape index (κ1) is 23.8. The SMILES string of the molecule is Nc1nnc(-c2ccccc2O)cc1N1C[C@H]2CC[C@@H](C1)N2c1ccnc(C#CCn2nnc3ccccc32)n1. The predicted molar refractivity (Wildman–Crippen MR) is 151 cm³/mol. The number of hydrogen-bond acceptors (Lipinski definition) is 10. The van der Waals surface area contributed by atoms with Crippen molar-refractivity contribution in [3.05, 3.63) is 72.7 Å². The van der Waals surface area contributed by atoms with Gasteiger partial charge in [0.05, 0.1) is 16.9 Å². The second-order valence-corrected chi connectivity index (χ2v) is 9.99. The highest BCUT2D eigenvalue weighted by Crippen LogP contribution is 2.38. The summed E-state index contributed by atoms with van der Waals surface area (Å²) in [4.78, 5) is 13.9. The number of nitrogens with zero attached hydrogens (tertiary/aromatic N) is 9. The zero-order valence-corrected chi connectivity index (χ0v) is 21.6. The summed E-state index contributed by atoms with van der Waals surface area (Å²) in [7, 11) is 0. The van der Waals surface area contributed by atoms with Crippen molar-refractivity contribution in [2.75, 3.05) is 28.6 Å². The molecule has 0 unspecified atom stereocenters. The molecule has 5 aromatic rings. The van der Waals surface area contributed by atoms with Crippen LogP contribution in [0.5, 0.6) is 5.75 Å². The molecule has 2 aromatic carbocycles. The molecule has 2 fully saturated rings. The topological polar surface area (TPSA) is 135 Å². The van der Waals surface area contributed by atoms with Crippen molar-refractivity contribution in [3.63, 3.8) is 0 Å². The first-order chi connectivity index (χ1) is 19.6. The van der Waals surface area contributed by atoms with E-state index in [1.165, 1.54) is 0 Å². The van der Waals surface area contributed by atoms with Gasteiger partial charge in [-0.2, -0.15) is 0 Å². The van der Waals surface area contributed by atoms with Gasteiger partial charge >= 0.3 is 0 Å². The van der Waals surface area contributed by atoms with Crippen LogP contribution in [0.1, 0.15) is 18.7 Å². The minimum atomic E-state index is 0.162. The number of benzene rings is 2. The number of aromatic nitrogens is 7. The Kier molecular flexibility index (Phi) is 5.85. The Labute approximate surface area is 230 Å². The van der Waals surface area contributed by atoms with Crippen LogP contribution in [-0.4, -0.2) is 65.4 Å². The number of para-hydroxylation sites is 2.